The predicted molar refractivity (Wildman–Crippen MR) is 79.8 cm³/mol. The topological polar surface area (TPSA) is 32.3 Å². The molecule has 2 rings (SSSR count). The average Bonchev–Trinajstić information content (AvgIpc) is 2.75. The fourth-order valence-electron chi connectivity index (χ4n) is 2.20. The number of carbonyl (C=O) groups is 1. The number of amides is 1. The Labute approximate surface area is 124 Å². The standard InChI is InChI=1S/C13H16Br2N2O/c1-17-5-4-9(8-17)7-16-13(18)11-6-10(14)2-3-12(11)15/h2-3,6,9H,4-5,7-8H2,1H3,(H,16,18). The van der Waals surface area contributed by atoms with Crippen LogP contribution in [0, 0.1) is 5.92 Å². The van der Waals surface area contributed by atoms with Gasteiger partial charge < -0.3 is 10.2 Å². The number of benzene rings is 1. The van der Waals surface area contributed by atoms with Gasteiger partial charge in [0.05, 0.1) is 5.56 Å². The molecule has 1 N–H and O–H groups in total. The van der Waals surface area contributed by atoms with Gasteiger partial charge in [-0.2, -0.15) is 0 Å². The molecule has 1 saturated heterocycles. The van der Waals surface area contributed by atoms with E-state index in [1.54, 1.807) is 0 Å². The fraction of sp³-hybridized carbons (Fsp3) is 0.462. The van der Waals surface area contributed by atoms with Crippen LogP contribution in [0.4, 0.5) is 0 Å². The second-order valence-corrected chi connectivity index (χ2v) is 6.52. The number of rotatable bonds is 3. The first-order valence-corrected chi connectivity index (χ1v) is 7.56. The van der Waals surface area contributed by atoms with E-state index in [1.165, 1.54) is 0 Å². The van der Waals surface area contributed by atoms with Crippen molar-refractivity contribution in [3.8, 4) is 0 Å². The Morgan fingerprint density at radius 3 is 2.94 bits per heavy atom. The summed E-state index contributed by atoms with van der Waals surface area (Å²) in [5.41, 5.74) is 0.677. The molecule has 3 nitrogen and oxygen atoms in total. The molecule has 1 aliphatic heterocycles. The zero-order valence-electron chi connectivity index (χ0n) is 10.2. The van der Waals surface area contributed by atoms with E-state index in [9.17, 15) is 4.79 Å². The number of likely N-dealkylation sites (tertiary alicyclic amines) is 1. The summed E-state index contributed by atoms with van der Waals surface area (Å²) in [6.07, 6.45) is 1.16. The maximum Gasteiger partial charge on any atom is 0.252 e. The van der Waals surface area contributed by atoms with Crippen molar-refractivity contribution in [3.05, 3.63) is 32.7 Å². The third-order valence-corrected chi connectivity index (χ3v) is 4.40. The summed E-state index contributed by atoms with van der Waals surface area (Å²) in [6, 6.07) is 5.62. The van der Waals surface area contributed by atoms with Gasteiger partial charge in [-0.15, -0.1) is 0 Å². The molecule has 0 saturated carbocycles. The second-order valence-electron chi connectivity index (χ2n) is 4.75. The Morgan fingerprint density at radius 1 is 1.50 bits per heavy atom. The van der Waals surface area contributed by atoms with E-state index in [-0.39, 0.29) is 5.91 Å². The van der Waals surface area contributed by atoms with E-state index >= 15 is 0 Å². The normalized spacial score (nSPS) is 20.1. The molecule has 18 heavy (non-hydrogen) atoms. The van der Waals surface area contributed by atoms with E-state index in [2.05, 4.69) is 49.1 Å². The Hall–Kier alpha value is -0.390. The first-order valence-electron chi connectivity index (χ1n) is 5.98. The molecular formula is C13H16Br2N2O. The molecule has 1 amide bonds. The zero-order chi connectivity index (χ0) is 13.1. The van der Waals surface area contributed by atoms with Crippen molar-refractivity contribution in [3.63, 3.8) is 0 Å². The van der Waals surface area contributed by atoms with E-state index in [4.69, 9.17) is 0 Å². The van der Waals surface area contributed by atoms with Crippen molar-refractivity contribution in [2.45, 2.75) is 6.42 Å². The molecule has 1 aromatic carbocycles. The van der Waals surface area contributed by atoms with E-state index in [1.807, 2.05) is 18.2 Å². The quantitative estimate of drug-likeness (QED) is 0.880. The smallest absolute Gasteiger partial charge is 0.252 e. The van der Waals surface area contributed by atoms with Gasteiger partial charge in [0.25, 0.3) is 5.91 Å². The maximum atomic E-state index is 12.1. The van der Waals surface area contributed by atoms with Crippen LogP contribution in [0.2, 0.25) is 0 Å². The van der Waals surface area contributed by atoms with Crippen LogP contribution in [0.15, 0.2) is 27.1 Å². The molecule has 1 fully saturated rings. The molecule has 0 bridgehead atoms. The van der Waals surface area contributed by atoms with Gasteiger partial charge in [-0.05, 0) is 60.1 Å². The largest absolute Gasteiger partial charge is 0.352 e. The lowest BCUT2D eigenvalue weighted by atomic mass is 10.1. The minimum absolute atomic E-state index is 0.0160. The zero-order valence-corrected chi connectivity index (χ0v) is 13.4. The molecule has 0 spiro atoms. The second kappa shape index (κ2) is 6.17. The van der Waals surface area contributed by atoms with Gasteiger partial charge in [0, 0.05) is 22.0 Å². The van der Waals surface area contributed by atoms with Crippen LogP contribution in [0.25, 0.3) is 0 Å². The van der Waals surface area contributed by atoms with Crippen LogP contribution >= 0.6 is 31.9 Å². The molecule has 5 heteroatoms. The van der Waals surface area contributed by atoms with Crippen LogP contribution in [-0.2, 0) is 0 Å². The summed E-state index contributed by atoms with van der Waals surface area (Å²) in [4.78, 5) is 14.4. The molecule has 1 unspecified atom stereocenters. The Balaban J connectivity index is 1.93. The monoisotopic (exact) mass is 374 g/mol. The van der Waals surface area contributed by atoms with E-state index in [0.29, 0.717) is 11.5 Å². The number of nitrogens with zero attached hydrogens (tertiary/aromatic N) is 1. The van der Waals surface area contributed by atoms with Crippen LogP contribution in [0.5, 0.6) is 0 Å². The van der Waals surface area contributed by atoms with Gasteiger partial charge in [-0.25, -0.2) is 0 Å². The summed E-state index contributed by atoms with van der Waals surface area (Å²) in [5, 5.41) is 3.01. The van der Waals surface area contributed by atoms with Gasteiger partial charge in [0.15, 0.2) is 0 Å². The van der Waals surface area contributed by atoms with Crippen molar-refractivity contribution in [2.75, 3.05) is 26.7 Å². The van der Waals surface area contributed by atoms with Gasteiger partial charge >= 0.3 is 0 Å². The summed E-state index contributed by atoms with van der Waals surface area (Å²) in [5.74, 6) is 0.558. The average molecular weight is 376 g/mol. The number of halogens is 2. The van der Waals surface area contributed by atoms with Gasteiger partial charge in [0.2, 0.25) is 0 Å². The lowest BCUT2D eigenvalue weighted by molar-refractivity contribution is 0.0946. The Kier molecular flexibility index (Phi) is 4.81. The number of hydrogen-bond acceptors (Lipinski definition) is 2. The van der Waals surface area contributed by atoms with Gasteiger partial charge in [-0.3, -0.25) is 4.79 Å². The highest BCUT2D eigenvalue weighted by Gasteiger charge is 2.20. The first-order chi connectivity index (χ1) is 8.56. The van der Waals surface area contributed by atoms with Crippen LogP contribution < -0.4 is 5.32 Å². The van der Waals surface area contributed by atoms with Crippen molar-refractivity contribution in [2.24, 2.45) is 5.92 Å². The minimum Gasteiger partial charge on any atom is -0.352 e. The Morgan fingerprint density at radius 2 is 2.28 bits per heavy atom. The maximum absolute atomic E-state index is 12.1. The highest BCUT2D eigenvalue weighted by atomic mass is 79.9. The van der Waals surface area contributed by atoms with Crippen molar-refractivity contribution >= 4 is 37.8 Å². The van der Waals surface area contributed by atoms with Gasteiger partial charge in [-0.1, -0.05) is 15.9 Å². The summed E-state index contributed by atoms with van der Waals surface area (Å²) >= 11 is 6.79. The lowest BCUT2D eigenvalue weighted by Crippen LogP contribution is -2.30. The molecule has 1 atom stereocenters. The van der Waals surface area contributed by atoms with E-state index < -0.39 is 0 Å². The highest BCUT2D eigenvalue weighted by Crippen LogP contribution is 2.21. The van der Waals surface area contributed by atoms with E-state index in [0.717, 1.165) is 35.0 Å². The fourth-order valence-corrected chi connectivity index (χ4v) is 2.98. The molecule has 0 radical (unpaired) electrons. The third kappa shape index (κ3) is 3.56. The predicted octanol–water partition coefficient (Wildman–Crippen LogP) is 2.89. The number of carbonyl (C=O) groups excluding carboxylic acids is 1. The number of nitrogens with one attached hydrogen (secondary N) is 1. The highest BCUT2D eigenvalue weighted by molar-refractivity contribution is 9.11. The van der Waals surface area contributed by atoms with Gasteiger partial charge in [0.1, 0.15) is 0 Å². The van der Waals surface area contributed by atoms with Crippen LogP contribution in [0.3, 0.4) is 0 Å². The van der Waals surface area contributed by atoms with Crippen molar-refractivity contribution < 1.29 is 4.79 Å². The molecule has 1 aliphatic rings. The van der Waals surface area contributed by atoms with Crippen LogP contribution in [0.1, 0.15) is 16.8 Å². The summed E-state index contributed by atoms with van der Waals surface area (Å²) < 4.78 is 1.74. The first kappa shape index (κ1) is 14.0. The molecular weight excluding hydrogens is 360 g/mol. The summed E-state index contributed by atoms with van der Waals surface area (Å²) in [6.45, 7) is 2.95. The summed E-state index contributed by atoms with van der Waals surface area (Å²) in [7, 11) is 2.12. The molecule has 1 heterocycles. The lowest BCUT2D eigenvalue weighted by Gasteiger charge is -2.12. The third-order valence-electron chi connectivity index (χ3n) is 3.21. The van der Waals surface area contributed by atoms with Crippen molar-refractivity contribution in [1.82, 2.24) is 10.2 Å². The molecule has 0 aromatic heterocycles. The molecule has 0 aliphatic carbocycles. The SMILES string of the molecule is CN1CCC(CNC(=O)c2cc(Br)ccc2Br)C1. The minimum atomic E-state index is -0.0160. The number of hydrogen-bond donors (Lipinski definition) is 1. The Bertz CT molecular complexity index is 451. The molecule has 98 valence electrons. The van der Waals surface area contributed by atoms with Crippen molar-refractivity contribution in [1.29, 1.82) is 0 Å². The van der Waals surface area contributed by atoms with Crippen LogP contribution in [-0.4, -0.2) is 37.5 Å². The molecule has 1 aromatic rings.